The summed E-state index contributed by atoms with van der Waals surface area (Å²) >= 11 is 2.14. The molecular formula is C12H24N2S. The van der Waals surface area contributed by atoms with Gasteiger partial charge in [-0.1, -0.05) is 6.92 Å². The number of likely N-dealkylation sites (tertiary alicyclic amines) is 1. The molecule has 1 unspecified atom stereocenters. The van der Waals surface area contributed by atoms with Gasteiger partial charge in [-0.05, 0) is 57.1 Å². The predicted octanol–water partition coefficient (Wildman–Crippen LogP) is 1.81. The van der Waals surface area contributed by atoms with E-state index in [1.165, 1.54) is 50.4 Å². The smallest absolute Gasteiger partial charge is 0.0194 e. The Bertz CT molecular complexity index is 172. The molecule has 88 valence electrons. The summed E-state index contributed by atoms with van der Waals surface area (Å²) in [5, 5.41) is 3.48. The lowest BCUT2D eigenvalue weighted by Crippen LogP contribution is -2.43. The minimum Gasteiger partial charge on any atom is -0.317 e. The summed E-state index contributed by atoms with van der Waals surface area (Å²) in [7, 11) is 0. The van der Waals surface area contributed by atoms with Crippen LogP contribution in [-0.2, 0) is 0 Å². The van der Waals surface area contributed by atoms with Crippen LogP contribution in [0.2, 0.25) is 0 Å². The summed E-state index contributed by atoms with van der Waals surface area (Å²) in [6.07, 6.45) is 4.25. The van der Waals surface area contributed by atoms with Gasteiger partial charge in [0.15, 0.2) is 0 Å². The van der Waals surface area contributed by atoms with E-state index in [0.29, 0.717) is 0 Å². The van der Waals surface area contributed by atoms with Gasteiger partial charge in [0.2, 0.25) is 0 Å². The van der Waals surface area contributed by atoms with Gasteiger partial charge in [0, 0.05) is 11.8 Å². The third-order valence-electron chi connectivity index (χ3n) is 3.75. The van der Waals surface area contributed by atoms with E-state index in [1.54, 1.807) is 0 Å². The lowest BCUT2D eigenvalue weighted by molar-refractivity contribution is 0.143. The molecule has 2 saturated heterocycles. The second kappa shape index (κ2) is 6.12. The zero-order valence-electron chi connectivity index (χ0n) is 9.87. The maximum absolute atomic E-state index is 3.48. The van der Waals surface area contributed by atoms with Crippen LogP contribution in [0.25, 0.3) is 0 Å². The van der Waals surface area contributed by atoms with E-state index in [4.69, 9.17) is 0 Å². The zero-order valence-corrected chi connectivity index (χ0v) is 10.7. The van der Waals surface area contributed by atoms with Crippen LogP contribution < -0.4 is 5.32 Å². The monoisotopic (exact) mass is 228 g/mol. The Kier molecular flexibility index (Phi) is 4.79. The normalized spacial score (nSPS) is 29.8. The Morgan fingerprint density at radius 3 is 2.67 bits per heavy atom. The van der Waals surface area contributed by atoms with Crippen molar-refractivity contribution in [1.82, 2.24) is 10.2 Å². The number of hydrogen-bond donors (Lipinski definition) is 1. The molecule has 2 aliphatic rings. The number of nitrogens with one attached hydrogen (secondary N) is 1. The van der Waals surface area contributed by atoms with Crippen LogP contribution in [0, 0.1) is 5.92 Å². The van der Waals surface area contributed by atoms with Crippen LogP contribution >= 0.6 is 11.8 Å². The number of rotatable bonds is 4. The molecule has 0 aromatic heterocycles. The summed E-state index contributed by atoms with van der Waals surface area (Å²) < 4.78 is 0. The van der Waals surface area contributed by atoms with Crippen LogP contribution in [0.1, 0.15) is 26.2 Å². The Labute approximate surface area is 98.2 Å². The number of piperidine rings is 1. The molecule has 1 N–H and O–H groups in total. The average Bonchev–Trinajstić information content (AvgIpc) is 2.80. The first-order chi connectivity index (χ1) is 7.40. The lowest BCUT2D eigenvalue weighted by Gasteiger charge is -2.35. The summed E-state index contributed by atoms with van der Waals surface area (Å²) in [6, 6.07) is 0.912. The fraction of sp³-hybridized carbons (Fsp3) is 1.00. The van der Waals surface area contributed by atoms with Crippen molar-refractivity contribution in [2.45, 2.75) is 32.2 Å². The first kappa shape index (κ1) is 11.7. The largest absolute Gasteiger partial charge is 0.317 e. The first-order valence-corrected chi connectivity index (χ1v) is 7.58. The molecule has 0 aromatic rings. The van der Waals surface area contributed by atoms with Crippen molar-refractivity contribution in [3.63, 3.8) is 0 Å². The van der Waals surface area contributed by atoms with Gasteiger partial charge in [0.05, 0.1) is 0 Å². The Morgan fingerprint density at radius 1 is 1.27 bits per heavy atom. The Morgan fingerprint density at radius 2 is 2.07 bits per heavy atom. The quantitative estimate of drug-likeness (QED) is 0.790. The fourth-order valence-corrected chi connectivity index (χ4v) is 3.94. The molecule has 0 spiro atoms. The molecular weight excluding hydrogens is 204 g/mol. The van der Waals surface area contributed by atoms with Crippen molar-refractivity contribution in [2.24, 2.45) is 5.92 Å². The fourth-order valence-electron chi connectivity index (χ4n) is 2.68. The van der Waals surface area contributed by atoms with Gasteiger partial charge in [-0.2, -0.15) is 11.8 Å². The van der Waals surface area contributed by atoms with Crippen LogP contribution in [0.3, 0.4) is 0 Å². The molecule has 0 amide bonds. The van der Waals surface area contributed by atoms with Crippen molar-refractivity contribution in [1.29, 1.82) is 0 Å². The molecule has 3 heteroatoms. The third kappa shape index (κ3) is 3.36. The average molecular weight is 228 g/mol. The summed E-state index contributed by atoms with van der Waals surface area (Å²) in [5.74, 6) is 3.72. The highest BCUT2D eigenvalue weighted by molar-refractivity contribution is 7.99. The van der Waals surface area contributed by atoms with Crippen molar-refractivity contribution in [2.75, 3.05) is 37.7 Å². The minimum atomic E-state index is 0.912. The van der Waals surface area contributed by atoms with Crippen molar-refractivity contribution >= 4 is 11.8 Å². The summed E-state index contributed by atoms with van der Waals surface area (Å²) in [5.41, 5.74) is 0. The van der Waals surface area contributed by atoms with Crippen molar-refractivity contribution < 1.29 is 0 Å². The number of hydrogen-bond acceptors (Lipinski definition) is 3. The second-order valence-electron chi connectivity index (χ2n) is 4.80. The molecule has 1 atom stereocenters. The highest BCUT2D eigenvalue weighted by atomic mass is 32.2. The highest BCUT2D eigenvalue weighted by Gasteiger charge is 2.26. The van der Waals surface area contributed by atoms with Crippen LogP contribution in [0.4, 0.5) is 0 Å². The van der Waals surface area contributed by atoms with E-state index in [-0.39, 0.29) is 0 Å². The second-order valence-corrected chi connectivity index (χ2v) is 5.95. The van der Waals surface area contributed by atoms with E-state index in [2.05, 4.69) is 28.9 Å². The van der Waals surface area contributed by atoms with E-state index < -0.39 is 0 Å². The van der Waals surface area contributed by atoms with E-state index in [0.717, 1.165) is 18.5 Å². The van der Waals surface area contributed by atoms with Crippen molar-refractivity contribution in [3.05, 3.63) is 0 Å². The van der Waals surface area contributed by atoms with Crippen LogP contribution in [0.5, 0.6) is 0 Å². The Balaban J connectivity index is 1.67. The molecule has 2 heterocycles. The molecule has 0 aromatic carbocycles. The molecule has 0 radical (unpaired) electrons. The van der Waals surface area contributed by atoms with Crippen LogP contribution in [-0.4, -0.2) is 48.6 Å². The third-order valence-corrected chi connectivity index (χ3v) is 4.90. The molecule has 2 rings (SSSR count). The maximum Gasteiger partial charge on any atom is 0.0194 e. The van der Waals surface area contributed by atoms with E-state index in [1.807, 2.05) is 0 Å². The number of thioether (sulfide) groups is 1. The lowest BCUT2D eigenvalue weighted by atomic mass is 9.95. The highest BCUT2D eigenvalue weighted by Crippen LogP contribution is 2.26. The van der Waals surface area contributed by atoms with Gasteiger partial charge in [-0.15, -0.1) is 0 Å². The number of nitrogens with zero attached hydrogens (tertiary/aromatic N) is 1. The minimum absolute atomic E-state index is 0.912. The Hall–Kier alpha value is 0.270. The van der Waals surface area contributed by atoms with Gasteiger partial charge in [0.25, 0.3) is 0 Å². The van der Waals surface area contributed by atoms with E-state index in [9.17, 15) is 0 Å². The van der Waals surface area contributed by atoms with Gasteiger partial charge in [-0.3, -0.25) is 4.90 Å². The topological polar surface area (TPSA) is 15.3 Å². The molecule has 2 aliphatic heterocycles. The van der Waals surface area contributed by atoms with Gasteiger partial charge in [-0.25, -0.2) is 0 Å². The predicted molar refractivity (Wildman–Crippen MR) is 68.6 cm³/mol. The van der Waals surface area contributed by atoms with Gasteiger partial charge in [0.1, 0.15) is 0 Å². The van der Waals surface area contributed by atoms with E-state index >= 15 is 0 Å². The summed E-state index contributed by atoms with van der Waals surface area (Å²) in [6.45, 7) is 7.26. The van der Waals surface area contributed by atoms with Crippen LogP contribution in [0.15, 0.2) is 0 Å². The summed E-state index contributed by atoms with van der Waals surface area (Å²) in [4.78, 5) is 2.74. The molecule has 2 fully saturated rings. The molecule has 15 heavy (non-hydrogen) atoms. The molecule has 0 saturated carbocycles. The van der Waals surface area contributed by atoms with Gasteiger partial charge >= 0.3 is 0 Å². The first-order valence-electron chi connectivity index (χ1n) is 6.42. The standard InChI is InChI=1S/C12H24N2S/c1-2-13-9-11-3-6-14(7-4-11)12-5-8-15-10-12/h11-13H,2-10H2,1H3. The zero-order chi connectivity index (χ0) is 10.5. The molecule has 0 aliphatic carbocycles. The molecule has 2 nitrogen and oxygen atoms in total. The van der Waals surface area contributed by atoms with Crippen molar-refractivity contribution in [3.8, 4) is 0 Å². The molecule has 0 bridgehead atoms. The maximum atomic E-state index is 3.48. The van der Waals surface area contributed by atoms with Gasteiger partial charge < -0.3 is 5.32 Å². The SMILES string of the molecule is CCNCC1CCN(C2CCSC2)CC1.